The molecule has 5 unspecified atom stereocenters. The number of carbonyl (C=O) groups is 3. The molecule has 0 heterocycles. The number of ether oxygens (including phenoxy) is 3. The van der Waals surface area contributed by atoms with E-state index in [0.717, 1.165) is 186 Å². The largest absolute Gasteiger partial charge is 0.472 e. The molecule has 0 aromatic heterocycles. The smallest absolute Gasteiger partial charge is 0.463 e. The third-order valence-electron chi connectivity index (χ3n) is 17.9. The molecule has 0 spiro atoms. The first-order valence-corrected chi connectivity index (χ1v) is 46.4. The van der Waals surface area contributed by atoms with E-state index < -0.39 is 91.5 Å². The lowest BCUT2D eigenvalue weighted by atomic mass is 10.0. The summed E-state index contributed by atoms with van der Waals surface area (Å²) in [4.78, 5) is 58.8. The highest BCUT2D eigenvalue weighted by atomic mass is 31.2. The van der Waals surface area contributed by atoms with Crippen molar-refractivity contribution < 1.29 is 75.8 Å². The van der Waals surface area contributed by atoms with E-state index >= 15 is 0 Å². The lowest BCUT2D eigenvalue weighted by Crippen LogP contribution is -2.30. The number of aliphatic hydroxyl groups is 2. The van der Waals surface area contributed by atoms with Crippen LogP contribution >= 0.6 is 15.6 Å². The molecular formula is C93H156O16P2. The highest BCUT2D eigenvalue weighted by Crippen LogP contribution is 2.45. The van der Waals surface area contributed by atoms with Gasteiger partial charge in [-0.25, -0.2) is 9.13 Å². The number of aliphatic hydroxyl groups excluding tert-OH is 2. The van der Waals surface area contributed by atoms with Crippen LogP contribution in [0.4, 0.5) is 0 Å². The molecule has 0 bridgehead atoms. The lowest BCUT2D eigenvalue weighted by Gasteiger charge is -2.21. The van der Waals surface area contributed by atoms with Crippen molar-refractivity contribution in [3.8, 4) is 0 Å². The Morgan fingerprint density at radius 2 is 0.477 bits per heavy atom. The molecule has 0 saturated carbocycles. The number of unbranched alkanes of at least 4 members (excludes halogenated alkanes) is 30. The molecule has 0 saturated heterocycles. The third kappa shape index (κ3) is 85.6. The predicted octanol–water partition coefficient (Wildman–Crippen LogP) is 26.3. The van der Waals surface area contributed by atoms with Gasteiger partial charge in [0.2, 0.25) is 0 Å². The average Bonchev–Trinajstić information content (AvgIpc) is 0.928. The monoisotopic (exact) mass is 1590 g/mol. The molecule has 5 atom stereocenters. The van der Waals surface area contributed by atoms with Crippen molar-refractivity contribution >= 4 is 33.6 Å². The number of allylic oxidation sites excluding steroid dienone is 28. The highest BCUT2D eigenvalue weighted by Gasteiger charge is 2.29. The van der Waals surface area contributed by atoms with E-state index in [-0.39, 0.29) is 19.3 Å². The zero-order valence-corrected chi connectivity index (χ0v) is 71.4. The van der Waals surface area contributed by atoms with Crippen molar-refractivity contribution in [1.82, 2.24) is 0 Å². The molecule has 0 radical (unpaired) electrons. The fraction of sp³-hybridized carbons (Fsp3) is 0.667. The van der Waals surface area contributed by atoms with E-state index in [9.17, 15) is 43.5 Å². The molecule has 4 N–H and O–H groups in total. The van der Waals surface area contributed by atoms with E-state index in [1.165, 1.54) is 96.3 Å². The summed E-state index contributed by atoms with van der Waals surface area (Å²) >= 11 is 0. The topological polar surface area (TPSA) is 231 Å². The van der Waals surface area contributed by atoms with Crippen molar-refractivity contribution in [2.75, 3.05) is 39.6 Å². The third-order valence-corrected chi connectivity index (χ3v) is 19.8. The fourth-order valence-electron chi connectivity index (χ4n) is 11.4. The zero-order chi connectivity index (χ0) is 80.8. The summed E-state index contributed by atoms with van der Waals surface area (Å²) in [6, 6.07) is 0. The molecule has 0 amide bonds. The first-order chi connectivity index (χ1) is 54.2. The Hall–Kier alpha value is -5.09. The summed E-state index contributed by atoms with van der Waals surface area (Å²) in [6.45, 7) is 2.38. The van der Waals surface area contributed by atoms with E-state index in [1.807, 2.05) is 0 Å². The molecule has 0 aliphatic rings. The van der Waals surface area contributed by atoms with Crippen molar-refractivity contribution in [3.05, 3.63) is 170 Å². The summed E-state index contributed by atoms with van der Waals surface area (Å²) < 4.78 is 61.3. The quantitative estimate of drug-likeness (QED) is 0.0146. The Morgan fingerprint density at radius 3 is 0.757 bits per heavy atom. The van der Waals surface area contributed by atoms with Crippen LogP contribution in [0.15, 0.2) is 170 Å². The van der Waals surface area contributed by atoms with Crippen molar-refractivity contribution in [1.29, 1.82) is 0 Å². The molecule has 0 aromatic rings. The molecule has 0 fully saturated rings. The van der Waals surface area contributed by atoms with Gasteiger partial charge < -0.3 is 34.2 Å². The molecule has 0 aromatic carbocycles. The number of phosphoric ester groups is 2. The summed E-state index contributed by atoms with van der Waals surface area (Å²) in [6.07, 6.45) is 108. The molecule has 0 rings (SSSR count). The van der Waals surface area contributed by atoms with Gasteiger partial charge in [-0.3, -0.25) is 32.5 Å². The van der Waals surface area contributed by atoms with Crippen LogP contribution in [-0.4, -0.2) is 95.9 Å². The van der Waals surface area contributed by atoms with Crippen LogP contribution in [-0.2, 0) is 55.8 Å². The van der Waals surface area contributed by atoms with Gasteiger partial charge in [-0.15, -0.1) is 0 Å². The first kappa shape index (κ1) is 106. The molecular weight excluding hydrogens is 1430 g/mol. The minimum atomic E-state index is -4.94. The maximum atomic E-state index is 13.0. The lowest BCUT2D eigenvalue weighted by molar-refractivity contribution is -0.161. The Balaban J connectivity index is 4.47. The second-order valence-electron chi connectivity index (χ2n) is 28.6. The summed E-state index contributed by atoms with van der Waals surface area (Å²) in [5.41, 5.74) is 0. The van der Waals surface area contributed by atoms with Crippen LogP contribution < -0.4 is 0 Å². The average molecular weight is 1590 g/mol. The second kappa shape index (κ2) is 84.3. The molecule has 0 aliphatic heterocycles. The van der Waals surface area contributed by atoms with Crippen LogP contribution in [0.25, 0.3) is 0 Å². The van der Waals surface area contributed by atoms with Crippen LogP contribution in [0, 0.1) is 0 Å². The van der Waals surface area contributed by atoms with Crippen molar-refractivity contribution in [3.63, 3.8) is 0 Å². The van der Waals surface area contributed by atoms with Gasteiger partial charge in [0.05, 0.1) is 26.4 Å². The number of hydrogen-bond donors (Lipinski definition) is 4. The van der Waals surface area contributed by atoms with Crippen LogP contribution in [0.3, 0.4) is 0 Å². The van der Waals surface area contributed by atoms with Crippen LogP contribution in [0.2, 0.25) is 0 Å². The number of esters is 3. The number of rotatable bonds is 81. The van der Waals surface area contributed by atoms with Gasteiger partial charge in [0.1, 0.15) is 25.4 Å². The summed E-state index contributed by atoms with van der Waals surface area (Å²) in [5.74, 6) is -1.59. The van der Waals surface area contributed by atoms with E-state index in [2.05, 4.69) is 191 Å². The fourth-order valence-corrected chi connectivity index (χ4v) is 13.0. The van der Waals surface area contributed by atoms with Crippen LogP contribution in [0.1, 0.15) is 342 Å². The Bertz CT molecular complexity index is 2700. The first-order valence-electron chi connectivity index (χ1n) is 43.4. The molecule has 634 valence electrons. The highest BCUT2D eigenvalue weighted by molar-refractivity contribution is 7.47. The van der Waals surface area contributed by atoms with Gasteiger partial charge in [0.25, 0.3) is 0 Å². The van der Waals surface area contributed by atoms with Gasteiger partial charge in [0.15, 0.2) is 6.10 Å². The number of phosphoric acid groups is 2. The number of carbonyl (C=O) groups excluding carboxylic acids is 3. The SMILES string of the molecule is CC/C=C\C/C=C\C/C=C\C/C=C\C/C=C\C/C=C\CCCCCCCCCCCCCCC(=O)OCC(O)COP(=O)(O)OCC(O)COP(=O)(O)OCC(COC(=O)CCCCCCCCCCCCCC/C=C\C/C=C\C/C=C\C/C=C\C/C=C\C/C=C\CC)OC(=O)CCCCCCC/C=C\C/C=C\CCC. The summed E-state index contributed by atoms with van der Waals surface area (Å²) in [5, 5.41) is 20.7. The Labute approximate surface area is 675 Å². The summed E-state index contributed by atoms with van der Waals surface area (Å²) in [7, 11) is -9.80. The number of hydrogen-bond acceptors (Lipinski definition) is 14. The standard InChI is InChI=1S/C93H156O16P2/c1-4-7-10-13-16-19-22-25-27-29-31-33-35-37-39-41-43-45-47-49-51-53-55-57-59-62-64-67-70-73-76-79-91(96)103-82-88(94)83-105-110(99,100)106-84-89(95)85-107-111(101,102)108-87-90(109-93(98)81-78-75-72-69-66-61-24-21-18-15-12-9-6-3)86-104-92(97)80-77-74-71-68-65-63-60-58-56-54-52-50-48-46-44-42-40-38-36-34-32-30-28-26-23-20-17-14-11-8-5-2/h7-8,10-12,15-17,19-21,24-28,31-34,37-40,43-46,88-90,94-95H,4-6,9,13-14,18,22-23,29-30,35-36,41-42,47-87H2,1-3H3,(H,99,100)(H,101,102)/b10-7-,11-8-,15-12-,19-16-,20-17-,24-21-,27-25-,28-26-,33-31-,34-32-,39-37-,40-38-,45-43-,46-44-. The van der Waals surface area contributed by atoms with Gasteiger partial charge in [-0.1, -0.05) is 345 Å². The molecule has 111 heavy (non-hydrogen) atoms. The van der Waals surface area contributed by atoms with Gasteiger partial charge >= 0.3 is 33.6 Å². The molecule has 16 nitrogen and oxygen atoms in total. The van der Waals surface area contributed by atoms with Gasteiger partial charge in [-0.2, -0.15) is 0 Å². The van der Waals surface area contributed by atoms with Crippen molar-refractivity contribution in [2.45, 2.75) is 360 Å². The second-order valence-corrected chi connectivity index (χ2v) is 31.5. The van der Waals surface area contributed by atoms with E-state index in [4.69, 9.17) is 32.3 Å². The predicted molar refractivity (Wildman–Crippen MR) is 463 cm³/mol. The maximum absolute atomic E-state index is 13.0. The van der Waals surface area contributed by atoms with E-state index in [1.54, 1.807) is 0 Å². The Kier molecular flexibility index (Phi) is 80.4. The molecule has 0 aliphatic carbocycles. The minimum Gasteiger partial charge on any atom is -0.463 e. The molecule has 18 heteroatoms. The Morgan fingerprint density at radius 1 is 0.261 bits per heavy atom. The van der Waals surface area contributed by atoms with Crippen molar-refractivity contribution in [2.24, 2.45) is 0 Å². The normalized spacial score (nSPS) is 14.7. The van der Waals surface area contributed by atoms with Gasteiger partial charge in [0, 0.05) is 19.3 Å². The minimum absolute atomic E-state index is 0.0846. The van der Waals surface area contributed by atoms with E-state index in [0.29, 0.717) is 19.3 Å². The van der Waals surface area contributed by atoms with Crippen LogP contribution in [0.5, 0.6) is 0 Å². The van der Waals surface area contributed by atoms with Gasteiger partial charge in [-0.05, 0) is 148 Å². The maximum Gasteiger partial charge on any atom is 0.472 e. The zero-order valence-electron chi connectivity index (χ0n) is 69.6.